The van der Waals surface area contributed by atoms with Crippen molar-refractivity contribution in [3.8, 4) is 5.75 Å². The predicted octanol–water partition coefficient (Wildman–Crippen LogP) is 4.55. The zero-order valence-corrected chi connectivity index (χ0v) is 16.2. The lowest BCUT2D eigenvalue weighted by Crippen LogP contribution is -2.37. The van der Waals surface area contributed by atoms with E-state index in [2.05, 4.69) is 5.09 Å². The molecule has 24 heavy (non-hydrogen) atoms. The van der Waals surface area contributed by atoms with Gasteiger partial charge >= 0.3 is 13.7 Å². The molecule has 1 unspecified atom stereocenters. The number of carbonyl (C=O) groups is 1. The highest BCUT2D eigenvalue weighted by molar-refractivity contribution is 7.52. The zero-order chi connectivity index (χ0) is 18.4. The number of benzene rings is 1. The molecule has 0 fully saturated rings. The van der Waals surface area contributed by atoms with E-state index in [-0.39, 0.29) is 24.0 Å². The van der Waals surface area contributed by atoms with Gasteiger partial charge in [-0.15, -0.1) is 0 Å². The van der Waals surface area contributed by atoms with Crippen molar-refractivity contribution in [2.75, 3.05) is 6.61 Å². The number of ether oxygens (including phenoxy) is 1. The number of hydrogen-bond donors (Lipinski definition) is 1. The summed E-state index contributed by atoms with van der Waals surface area (Å²) in [6.07, 6.45) is 0.464. The van der Waals surface area contributed by atoms with E-state index in [0.717, 1.165) is 6.42 Å². The van der Waals surface area contributed by atoms with Crippen molar-refractivity contribution >= 4 is 13.7 Å². The fourth-order valence-electron chi connectivity index (χ4n) is 1.82. The molecular formula is C17H28NO5P. The van der Waals surface area contributed by atoms with Crippen molar-refractivity contribution in [2.24, 2.45) is 0 Å². The van der Waals surface area contributed by atoms with Crippen LogP contribution >= 0.6 is 7.75 Å². The standard InChI is InChI=1S/C17H28NO5P/c1-7-17(5,6)18-24(20,21-8-2)23-15-12-10-9-11-14(15)16(19)22-13(3)4/h9-13H,7-8H2,1-6H3,(H,18,20). The lowest BCUT2D eigenvalue weighted by molar-refractivity contribution is 0.0376. The van der Waals surface area contributed by atoms with E-state index < -0.39 is 19.3 Å². The summed E-state index contributed by atoms with van der Waals surface area (Å²) in [4.78, 5) is 12.2. The molecule has 0 aliphatic heterocycles. The average molecular weight is 357 g/mol. The van der Waals surface area contributed by atoms with Crippen molar-refractivity contribution in [1.82, 2.24) is 5.09 Å². The molecule has 0 amide bonds. The summed E-state index contributed by atoms with van der Waals surface area (Å²) in [7, 11) is -3.64. The van der Waals surface area contributed by atoms with Crippen molar-refractivity contribution in [3.05, 3.63) is 29.8 Å². The molecule has 1 N–H and O–H groups in total. The molecule has 0 aliphatic rings. The maximum Gasteiger partial charge on any atom is 0.459 e. The molecule has 0 saturated heterocycles. The van der Waals surface area contributed by atoms with Gasteiger partial charge in [0.05, 0.1) is 12.7 Å². The van der Waals surface area contributed by atoms with Gasteiger partial charge in [-0.25, -0.2) is 14.4 Å². The molecule has 0 saturated carbocycles. The molecule has 0 aliphatic carbocycles. The normalized spacial score (nSPS) is 14.3. The second-order valence-electron chi connectivity index (χ2n) is 6.31. The number of hydrogen-bond acceptors (Lipinski definition) is 5. The first kappa shape index (κ1) is 20.7. The molecule has 1 atom stereocenters. The molecule has 1 rings (SSSR count). The van der Waals surface area contributed by atoms with Crippen LogP contribution in [0.25, 0.3) is 0 Å². The SMILES string of the molecule is CCOP(=O)(NC(C)(C)CC)Oc1ccccc1C(=O)OC(C)C. The van der Waals surface area contributed by atoms with Gasteiger partial charge in [-0.2, -0.15) is 0 Å². The minimum Gasteiger partial charge on any atom is -0.459 e. The van der Waals surface area contributed by atoms with Gasteiger partial charge in [-0.3, -0.25) is 4.52 Å². The van der Waals surface area contributed by atoms with E-state index in [1.807, 2.05) is 20.8 Å². The fraction of sp³-hybridized carbons (Fsp3) is 0.588. The number of esters is 1. The highest BCUT2D eigenvalue weighted by Crippen LogP contribution is 2.47. The van der Waals surface area contributed by atoms with Crippen LogP contribution in [-0.2, 0) is 13.8 Å². The van der Waals surface area contributed by atoms with E-state index in [9.17, 15) is 9.36 Å². The molecule has 1 aromatic carbocycles. The topological polar surface area (TPSA) is 73.9 Å². The number of rotatable bonds is 9. The molecule has 1 aromatic rings. The predicted molar refractivity (Wildman–Crippen MR) is 94.4 cm³/mol. The molecule has 0 heterocycles. The van der Waals surface area contributed by atoms with Gasteiger partial charge < -0.3 is 9.26 Å². The third-order valence-corrected chi connectivity index (χ3v) is 5.21. The van der Waals surface area contributed by atoms with Crippen LogP contribution < -0.4 is 9.61 Å². The van der Waals surface area contributed by atoms with E-state index in [4.69, 9.17) is 13.8 Å². The second-order valence-corrected chi connectivity index (χ2v) is 7.97. The van der Waals surface area contributed by atoms with Crippen LogP contribution in [0.2, 0.25) is 0 Å². The molecular weight excluding hydrogens is 329 g/mol. The quantitative estimate of drug-likeness (QED) is 0.516. The first-order chi connectivity index (χ1) is 11.1. The van der Waals surface area contributed by atoms with E-state index in [0.29, 0.717) is 0 Å². The van der Waals surface area contributed by atoms with Gasteiger partial charge in [0.1, 0.15) is 11.3 Å². The maximum absolute atomic E-state index is 13.0. The number of nitrogens with one attached hydrogen (secondary N) is 1. The van der Waals surface area contributed by atoms with Crippen molar-refractivity contribution in [1.29, 1.82) is 0 Å². The number of para-hydroxylation sites is 1. The summed E-state index contributed by atoms with van der Waals surface area (Å²) in [6, 6.07) is 6.53. The third kappa shape index (κ3) is 6.27. The highest BCUT2D eigenvalue weighted by atomic mass is 31.2. The van der Waals surface area contributed by atoms with Crippen LogP contribution in [-0.4, -0.2) is 24.2 Å². The van der Waals surface area contributed by atoms with Gasteiger partial charge in [-0.1, -0.05) is 19.1 Å². The van der Waals surface area contributed by atoms with E-state index in [1.54, 1.807) is 45.0 Å². The summed E-state index contributed by atoms with van der Waals surface area (Å²) in [5, 5.41) is 2.93. The Bertz CT molecular complexity index is 600. The zero-order valence-electron chi connectivity index (χ0n) is 15.3. The number of carbonyl (C=O) groups excluding carboxylic acids is 1. The first-order valence-corrected chi connectivity index (χ1v) is 9.70. The minimum atomic E-state index is -3.64. The second kappa shape index (κ2) is 8.65. The Balaban J connectivity index is 3.11. The van der Waals surface area contributed by atoms with Gasteiger partial charge in [0.25, 0.3) is 0 Å². The molecule has 0 aromatic heterocycles. The highest BCUT2D eigenvalue weighted by Gasteiger charge is 2.34. The lowest BCUT2D eigenvalue weighted by Gasteiger charge is -2.30. The van der Waals surface area contributed by atoms with Crippen LogP contribution in [0.5, 0.6) is 5.75 Å². The van der Waals surface area contributed by atoms with Gasteiger partial charge in [0.15, 0.2) is 0 Å². The van der Waals surface area contributed by atoms with Gasteiger partial charge in [0.2, 0.25) is 0 Å². The fourth-order valence-corrected chi connectivity index (χ4v) is 3.64. The summed E-state index contributed by atoms with van der Waals surface area (Å²) < 4.78 is 29.2. The molecule has 6 nitrogen and oxygen atoms in total. The summed E-state index contributed by atoms with van der Waals surface area (Å²) in [5.41, 5.74) is -0.236. The van der Waals surface area contributed by atoms with Crippen molar-refractivity contribution in [3.63, 3.8) is 0 Å². The van der Waals surface area contributed by atoms with E-state index >= 15 is 0 Å². The summed E-state index contributed by atoms with van der Waals surface area (Å²) in [6.45, 7) is 11.2. The third-order valence-electron chi connectivity index (χ3n) is 3.29. The first-order valence-electron chi connectivity index (χ1n) is 8.16. The summed E-state index contributed by atoms with van der Waals surface area (Å²) in [5.74, 6) is -0.363. The van der Waals surface area contributed by atoms with Crippen molar-refractivity contribution in [2.45, 2.75) is 59.6 Å². The maximum atomic E-state index is 13.0. The van der Waals surface area contributed by atoms with Crippen LogP contribution in [0.3, 0.4) is 0 Å². The average Bonchev–Trinajstić information content (AvgIpc) is 2.46. The largest absolute Gasteiger partial charge is 0.459 e. The molecule has 0 bridgehead atoms. The Kier molecular flexibility index (Phi) is 7.46. The summed E-state index contributed by atoms with van der Waals surface area (Å²) >= 11 is 0. The van der Waals surface area contributed by atoms with Gasteiger partial charge in [0, 0.05) is 5.54 Å². The minimum absolute atomic E-state index is 0.166. The van der Waals surface area contributed by atoms with Crippen LogP contribution in [0.4, 0.5) is 0 Å². The van der Waals surface area contributed by atoms with Crippen molar-refractivity contribution < 1.29 is 23.1 Å². The monoisotopic (exact) mass is 357 g/mol. The molecule has 0 radical (unpaired) electrons. The lowest BCUT2D eigenvalue weighted by atomic mass is 10.0. The molecule has 0 spiro atoms. The van der Waals surface area contributed by atoms with Crippen LogP contribution in [0.1, 0.15) is 58.3 Å². The van der Waals surface area contributed by atoms with Crippen LogP contribution in [0.15, 0.2) is 24.3 Å². The Labute approximate surface area is 144 Å². The Morgan fingerprint density at radius 1 is 1.25 bits per heavy atom. The smallest absolute Gasteiger partial charge is 0.459 e. The molecule has 136 valence electrons. The molecule has 7 heteroatoms. The van der Waals surface area contributed by atoms with Crippen LogP contribution in [0, 0.1) is 0 Å². The Morgan fingerprint density at radius 2 is 1.88 bits per heavy atom. The van der Waals surface area contributed by atoms with E-state index in [1.165, 1.54) is 0 Å². The van der Waals surface area contributed by atoms with Gasteiger partial charge in [-0.05, 0) is 53.2 Å². The Morgan fingerprint density at radius 3 is 2.42 bits per heavy atom. The Hall–Kier alpha value is -1.36.